The molecule has 35 heavy (non-hydrogen) atoms. The van der Waals surface area contributed by atoms with Gasteiger partial charge in [-0.15, -0.1) is 0 Å². The van der Waals surface area contributed by atoms with Gasteiger partial charge in [0.1, 0.15) is 5.75 Å². The van der Waals surface area contributed by atoms with Gasteiger partial charge in [0.15, 0.2) is 12.4 Å². The summed E-state index contributed by atoms with van der Waals surface area (Å²) >= 11 is 0.854. The van der Waals surface area contributed by atoms with Gasteiger partial charge >= 0.3 is 0 Å². The van der Waals surface area contributed by atoms with Crippen molar-refractivity contribution in [3.8, 4) is 5.75 Å². The van der Waals surface area contributed by atoms with Gasteiger partial charge in [-0.3, -0.25) is 29.1 Å². The number of nitrogens with one attached hydrogen (secondary N) is 1. The number of ketones is 1. The summed E-state index contributed by atoms with van der Waals surface area (Å²) in [5.41, 5.74) is 1.83. The summed E-state index contributed by atoms with van der Waals surface area (Å²) in [5.74, 6) is -0.458. The molecule has 1 aromatic heterocycles. The third-order valence-corrected chi connectivity index (χ3v) is 5.94. The van der Waals surface area contributed by atoms with E-state index in [4.69, 9.17) is 4.74 Å². The number of pyridine rings is 1. The Hall–Kier alpha value is -4.24. The largest absolute Gasteiger partial charge is 0.484 e. The van der Waals surface area contributed by atoms with E-state index in [1.54, 1.807) is 79.1 Å². The third-order valence-electron chi connectivity index (χ3n) is 5.04. The molecule has 1 aliphatic rings. The van der Waals surface area contributed by atoms with Crippen molar-refractivity contribution in [2.24, 2.45) is 0 Å². The number of aromatic nitrogens is 1. The van der Waals surface area contributed by atoms with E-state index < -0.39 is 11.8 Å². The molecular weight excluding hydrogens is 466 g/mol. The van der Waals surface area contributed by atoms with Crippen LogP contribution in [0.1, 0.15) is 21.5 Å². The lowest BCUT2D eigenvalue weighted by Crippen LogP contribution is -2.38. The van der Waals surface area contributed by atoms with Crippen molar-refractivity contribution in [3.05, 3.63) is 101 Å². The summed E-state index contributed by atoms with van der Waals surface area (Å²) in [4.78, 5) is 54.6. The van der Waals surface area contributed by atoms with Gasteiger partial charge < -0.3 is 10.1 Å². The van der Waals surface area contributed by atoms with Crippen LogP contribution in [-0.2, 0) is 9.59 Å². The van der Waals surface area contributed by atoms with Gasteiger partial charge in [0, 0.05) is 36.6 Å². The van der Waals surface area contributed by atoms with Gasteiger partial charge in [-0.05, 0) is 53.7 Å². The van der Waals surface area contributed by atoms with Gasteiger partial charge in [0.25, 0.3) is 17.1 Å². The Morgan fingerprint density at radius 1 is 0.971 bits per heavy atom. The van der Waals surface area contributed by atoms with E-state index >= 15 is 0 Å². The minimum absolute atomic E-state index is 0.0527. The number of amides is 3. The number of imide groups is 1. The molecule has 3 aromatic rings. The second-order valence-electron chi connectivity index (χ2n) is 7.48. The Labute approximate surface area is 206 Å². The second kappa shape index (κ2) is 11.3. The van der Waals surface area contributed by atoms with Crippen molar-refractivity contribution in [2.45, 2.75) is 0 Å². The average molecular weight is 488 g/mol. The lowest BCUT2D eigenvalue weighted by Gasteiger charge is -2.13. The van der Waals surface area contributed by atoms with E-state index in [0.717, 1.165) is 22.2 Å². The predicted octanol–water partition coefficient (Wildman–Crippen LogP) is 3.54. The Morgan fingerprint density at radius 3 is 2.43 bits per heavy atom. The first-order valence-electron chi connectivity index (χ1n) is 10.8. The molecule has 0 bridgehead atoms. The molecule has 2 aromatic carbocycles. The van der Waals surface area contributed by atoms with E-state index in [1.165, 1.54) is 0 Å². The summed E-state index contributed by atoms with van der Waals surface area (Å²) in [5, 5.41) is 2.25. The number of rotatable bonds is 9. The van der Waals surface area contributed by atoms with Crippen LogP contribution in [-0.4, -0.2) is 52.4 Å². The van der Waals surface area contributed by atoms with Crippen molar-refractivity contribution >= 4 is 40.7 Å². The molecule has 1 N–H and O–H groups in total. The zero-order valence-corrected chi connectivity index (χ0v) is 19.4. The Morgan fingerprint density at radius 2 is 1.71 bits per heavy atom. The number of hydrogen-bond donors (Lipinski definition) is 1. The highest BCUT2D eigenvalue weighted by molar-refractivity contribution is 8.18. The third kappa shape index (κ3) is 6.21. The van der Waals surface area contributed by atoms with E-state index in [1.807, 2.05) is 6.07 Å². The van der Waals surface area contributed by atoms with Crippen LogP contribution < -0.4 is 10.1 Å². The molecule has 1 saturated heterocycles. The maximum Gasteiger partial charge on any atom is 0.293 e. The molecule has 1 aliphatic heterocycles. The molecule has 0 atom stereocenters. The minimum Gasteiger partial charge on any atom is -0.484 e. The molecule has 3 amide bonds. The normalized spacial score (nSPS) is 14.3. The molecule has 9 heteroatoms. The van der Waals surface area contributed by atoms with Crippen LogP contribution in [0.25, 0.3) is 6.08 Å². The Kier molecular flexibility index (Phi) is 7.69. The highest BCUT2D eigenvalue weighted by Gasteiger charge is 2.34. The summed E-state index contributed by atoms with van der Waals surface area (Å²) in [7, 11) is 0. The van der Waals surface area contributed by atoms with Gasteiger partial charge in [-0.2, -0.15) is 0 Å². The summed E-state index contributed by atoms with van der Waals surface area (Å²) in [6.45, 7) is -0.0865. The molecule has 176 valence electrons. The quantitative estimate of drug-likeness (QED) is 0.363. The number of carbonyl (C=O) groups excluding carboxylic acids is 4. The molecule has 1 fully saturated rings. The minimum atomic E-state index is -0.403. The highest BCUT2D eigenvalue weighted by Crippen LogP contribution is 2.31. The maximum absolute atomic E-state index is 12.5. The molecule has 0 radical (unpaired) electrons. The standard InChI is InChI=1S/C26H21N3O5S/c30-23(17-34-21-10-8-20(9-11-21)24(31)19-6-2-1-3-7-19)28-13-14-29-25(32)22(35-26(29)33)15-18-5-4-12-27-16-18/h1-12,15-16H,13-14,17H2,(H,28,30)/b22-15-. The zero-order chi connectivity index (χ0) is 24.6. The van der Waals surface area contributed by atoms with Crippen molar-refractivity contribution in [3.63, 3.8) is 0 Å². The molecule has 0 saturated carbocycles. The number of ether oxygens (including phenoxy) is 1. The number of carbonyl (C=O) groups is 4. The average Bonchev–Trinajstić information content (AvgIpc) is 3.15. The van der Waals surface area contributed by atoms with Crippen molar-refractivity contribution in [1.82, 2.24) is 15.2 Å². The smallest absolute Gasteiger partial charge is 0.293 e. The van der Waals surface area contributed by atoms with Crippen LogP contribution in [0.4, 0.5) is 4.79 Å². The first-order chi connectivity index (χ1) is 17.0. The van der Waals surface area contributed by atoms with Crippen molar-refractivity contribution in [2.75, 3.05) is 19.7 Å². The summed E-state index contributed by atoms with van der Waals surface area (Å²) < 4.78 is 5.47. The van der Waals surface area contributed by atoms with Crippen LogP contribution in [0.5, 0.6) is 5.75 Å². The first kappa shape index (κ1) is 23.9. The monoisotopic (exact) mass is 487 g/mol. The molecule has 2 heterocycles. The first-order valence-corrected chi connectivity index (χ1v) is 11.6. The lowest BCUT2D eigenvalue weighted by molar-refractivity contribution is -0.125. The highest BCUT2D eigenvalue weighted by atomic mass is 32.2. The van der Waals surface area contributed by atoms with Gasteiger partial charge in [0.05, 0.1) is 4.91 Å². The van der Waals surface area contributed by atoms with E-state index in [-0.39, 0.29) is 30.7 Å². The van der Waals surface area contributed by atoms with Crippen LogP contribution in [0, 0.1) is 0 Å². The summed E-state index contributed by atoms with van der Waals surface area (Å²) in [6.07, 6.45) is 4.84. The Bertz CT molecular complexity index is 1260. The van der Waals surface area contributed by atoms with Crippen LogP contribution in [0.15, 0.2) is 84.0 Å². The number of thioether (sulfide) groups is 1. The fourth-order valence-corrected chi connectivity index (χ4v) is 4.14. The fraction of sp³-hybridized carbons (Fsp3) is 0.115. The van der Waals surface area contributed by atoms with E-state index in [9.17, 15) is 19.2 Å². The molecule has 0 aliphatic carbocycles. The Balaban J connectivity index is 1.22. The van der Waals surface area contributed by atoms with Gasteiger partial charge in [-0.1, -0.05) is 36.4 Å². The molecule has 4 rings (SSSR count). The molecule has 0 unspecified atom stereocenters. The second-order valence-corrected chi connectivity index (χ2v) is 8.47. The maximum atomic E-state index is 12.5. The zero-order valence-electron chi connectivity index (χ0n) is 18.5. The van der Waals surface area contributed by atoms with Crippen molar-refractivity contribution in [1.29, 1.82) is 0 Å². The fourth-order valence-electron chi connectivity index (χ4n) is 3.27. The van der Waals surface area contributed by atoms with E-state index in [0.29, 0.717) is 21.8 Å². The van der Waals surface area contributed by atoms with Crippen LogP contribution >= 0.6 is 11.8 Å². The number of benzene rings is 2. The van der Waals surface area contributed by atoms with E-state index in [2.05, 4.69) is 10.3 Å². The number of nitrogens with zero attached hydrogens (tertiary/aromatic N) is 2. The predicted molar refractivity (Wildman–Crippen MR) is 132 cm³/mol. The van der Waals surface area contributed by atoms with Gasteiger partial charge in [-0.25, -0.2) is 0 Å². The van der Waals surface area contributed by atoms with Gasteiger partial charge in [0.2, 0.25) is 0 Å². The molecule has 0 spiro atoms. The van der Waals surface area contributed by atoms with Crippen molar-refractivity contribution < 1.29 is 23.9 Å². The molecule has 8 nitrogen and oxygen atoms in total. The topological polar surface area (TPSA) is 106 Å². The van der Waals surface area contributed by atoms with Crippen LogP contribution in [0.3, 0.4) is 0 Å². The molecular formula is C26H21N3O5S. The SMILES string of the molecule is O=C(COc1ccc(C(=O)c2ccccc2)cc1)NCCN1C(=O)S/C(=C\c2cccnc2)C1=O. The lowest BCUT2D eigenvalue weighted by atomic mass is 10.0. The summed E-state index contributed by atoms with van der Waals surface area (Å²) in [6, 6.07) is 19.0. The van der Waals surface area contributed by atoms with Crippen LogP contribution in [0.2, 0.25) is 0 Å². The number of hydrogen-bond acceptors (Lipinski definition) is 7.